The van der Waals surface area contributed by atoms with Crippen LogP contribution in [-0.2, 0) is 0 Å². The molecule has 0 amide bonds. The predicted molar refractivity (Wildman–Crippen MR) is 66.0 cm³/mol. The van der Waals surface area contributed by atoms with E-state index in [0.29, 0.717) is 6.54 Å². The van der Waals surface area contributed by atoms with Gasteiger partial charge in [0.05, 0.1) is 0 Å². The van der Waals surface area contributed by atoms with Crippen LogP contribution in [0.4, 0.5) is 0 Å². The molecule has 0 bridgehead atoms. The van der Waals surface area contributed by atoms with Gasteiger partial charge in [-0.1, -0.05) is 13.5 Å². The Hall–Kier alpha value is -0.380. The number of likely N-dealkylation sites (N-methyl/N-ethyl adjacent to an activating group) is 2. The second kappa shape index (κ2) is 6.26. The van der Waals surface area contributed by atoms with Gasteiger partial charge in [0.1, 0.15) is 0 Å². The monoisotopic (exact) mass is 211 g/mol. The van der Waals surface area contributed by atoms with Crippen molar-refractivity contribution < 1.29 is 0 Å². The molecule has 0 aromatic heterocycles. The zero-order valence-electron chi connectivity index (χ0n) is 10.2. The molecule has 3 heteroatoms. The fourth-order valence-electron chi connectivity index (χ4n) is 2.39. The van der Waals surface area contributed by atoms with Crippen molar-refractivity contribution in [1.82, 2.24) is 9.80 Å². The van der Waals surface area contributed by atoms with Crippen LogP contribution in [0.5, 0.6) is 0 Å². The molecule has 1 heterocycles. The molecular formula is C12H25N3. The van der Waals surface area contributed by atoms with Gasteiger partial charge >= 0.3 is 0 Å². The lowest BCUT2D eigenvalue weighted by Gasteiger charge is -2.28. The van der Waals surface area contributed by atoms with Gasteiger partial charge < -0.3 is 10.6 Å². The Balaban J connectivity index is 2.30. The maximum Gasteiger partial charge on any atom is 0.0223 e. The number of hydrogen-bond acceptors (Lipinski definition) is 3. The Labute approximate surface area is 93.9 Å². The average Bonchev–Trinajstić information content (AvgIpc) is 2.64. The SMILES string of the molecule is C=C(CN)CN(C)CC1CCCN1CC. The Kier molecular flexibility index (Phi) is 5.29. The molecule has 88 valence electrons. The number of hydrogen-bond donors (Lipinski definition) is 1. The molecule has 1 unspecified atom stereocenters. The van der Waals surface area contributed by atoms with Crippen molar-refractivity contribution in [2.75, 3.05) is 39.8 Å². The molecule has 0 aromatic carbocycles. The molecule has 15 heavy (non-hydrogen) atoms. The Morgan fingerprint density at radius 2 is 2.33 bits per heavy atom. The highest BCUT2D eigenvalue weighted by Gasteiger charge is 2.23. The number of nitrogens with two attached hydrogens (primary N) is 1. The summed E-state index contributed by atoms with van der Waals surface area (Å²) in [5, 5.41) is 0. The molecular weight excluding hydrogens is 186 g/mol. The molecule has 0 saturated carbocycles. The third kappa shape index (κ3) is 3.93. The average molecular weight is 211 g/mol. The van der Waals surface area contributed by atoms with Crippen molar-refractivity contribution >= 4 is 0 Å². The molecule has 0 spiro atoms. The maximum absolute atomic E-state index is 5.55. The number of nitrogens with zero attached hydrogens (tertiary/aromatic N) is 2. The molecule has 2 N–H and O–H groups in total. The van der Waals surface area contributed by atoms with Crippen molar-refractivity contribution in [3.8, 4) is 0 Å². The van der Waals surface area contributed by atoms with Crippen molar-refractivity contribution in [3.63, 3.8) is 0 Å². The predicted octanol–water partition coefficient (Wildman–Crippen LogP) is 0.917. The third-order valence-electron chi connectivity index (χ3n) is 3.21. The largest absolute Gasteiger partial charge is 0.327 e. The van der Waals surface area contributed by atoms with Crippen LogP contribution in [-0.4, -0.2) is 55.6 Å². The van der Waals surface area contributed by atoms with Gasteiger partial charge in [-0.15, -0.1) is 0 Å². The summed E-state index contributed by atoms with van der Waals surface area (Å²) in [6, 6.07) is 0.741. The second-order valence-corrected chi connectivity index (χ2v) is 4.58. The molecule has 1 rings (SSSR count). The Morgan fingerprint density at radius 3 is 2.93 bits per heavy atom. The molecule has 1 saturated heterocycles. The fourth-order valence-corrected chi connectivity index (χ4v) is 2.39. The molecule has 1 aliphatic rings. The summed E-state index contributed by atoms with van der Waals surface area (Å²) in [5.74, 6) is 0. The van der Waals surface area contributed by atoms with Crippen LogP contribution in [0.1, 0.15) is 19.8 Å². The van der Waals surface area contributed by atoms with E-state index >= 15 is 0 Å². The van der Waals surface area contributed by atoms with E-state index in [0.717, 1.165) is 24.7 Å². The van der Waals surface area contributed by atoms with E-state index in [1.54, 1.807) is 0 Å². The lowest BCUT2D eigenvalue weighted by Crippen LogP contribution is -2.39. The summed E-state index contributed by atoms with van der Waals surface area (Å²) in [4.78, 5) is 4.91. The van der Waals surface area contributed by atoms with E-state index in [1.165, 1.54) is 25.9 Å². The van der Waals surface area contributed by atoms with E-state index in [2.05, 4.69) is 30.4 Å². The second-order valence-electron chi connectivity index (χ2n) is 4.58. The minimum Gasteiger partial charge on any atom is -0.327 e. The molecule has 0 aromatic rings. The van der Waals surface area contributed by atoms with Crippen LogP contribution in [0.15, 0.2) is 12.2 Å². The van der Waals surface area contributed by atoms with Crippen LogP contribution in [0.25, 0.3) is 0 Å². The van der Waals surface area contributed by atoms with Crippen molar-refractivity contribution in [2.24, 2.45) is 5.73 Å². The first-order valence-corrected chi connectivity index (χ1v) is 5.96. The molecule has 0 radical (unpaired) electrons. The van der Waals surface area contributed by atoms with Gasteiger partial charge in [0.2, 0.25) is 0 Å². The molecule has 0 aliphatic carbocycles. The van der Waals surface area contributed by atoms with Crippen LogP contribution in [0.2, 0.25) is 0 Å². The minimum absolute atomic E-state index is 0.604. The van der Waals surface area contributed by atoms with E-state index in [4.69, 9.17) is 5.73 Å². The quantitative estimate of drug-likeness (QED) is 0.663. The highest BCUT2D eigenvalue weighted by Crippen LogP contribution is 2.17. The number of rotatable bonds is 6. The van der Waals surface area contributed by atoms with E-state index < -0.39 is 0 Å². The van der Waals surface area contributed by atoms with Crippen molar-refractivity contribution in [2.45, 2.75) is 25.8 Å². The smallest absolute Gasteiger partial charge is 0.0223 e. The first kappa shape index (κ1) is 12.7. The summed E-state index contributed by atoms with van der Waals surface area (Å²) < 4.78 is 0. The third-order valence-corrected chi connectivity index (χ3v) is 3.21. The van der Waals surface area contributed by atoms with E-state index in [9.17, 15) is 0 Å². The summed E-state index contributed by atoms with van der Waals surface area (Å²) >= 11 is 0. The van der Waals surface area contributed by atoms with Crippen LogP contribution in [0.3, 0.4) is 0 Å². The topological polar surface area (TPSA) is 32.5 Å². The summed E-state index contributed by atoms with van der Waals surface area (Å²) in [5.41, 5.74) is 6.67. The van der Waals surface area contributed by atoms with Gasteiger partial charge in [-0.2, -0.15) is 0 Å². The van der Waals surface area contributed by atoms with E-state index in [1.807, 2.05) is 0 Å². The van der Waals surface area contributed by atoms with Crippen LogP contribution < -0.4 is 5.73 Å². The van der Waals surface area contributed by atoms with Gasteiger partial charge in [-0.3, -0.25) is 4.90 Å². The highest BCUT2D eigenvalue weighted by atomic mass is 15.2. The maximum atomic E-state index is 5.55. The Bertz CT molecular complexity index is 203. The fraction of sp³-hybridized carbons (Fsp3) is 0.833. The van der Waals surface area contributed by atoms with Crippen molar-refractivity contribution in [3.05, 3.63) is 12.2 Å². The zero-order chi connectivity index (χ0) is 11.3. The normalized spacial score (nSPS) is 22.5. The first-order valence-electron chi connectivity index (χ1n) is 5.96. The highest BCUT2D eigenvalue weighted by molar-refractivity contribution is 4.98. The van der Waals surface area contributed by atoms with Crippen LogP contribution >= 0.6 is 0 Å². The zero-order valence-corrected chi connectivity index (χ0v) is 10.2. The lowest BCUT2D eigenvalue weighted by atomic mass is 10.2. The molecule has 1 aliphatic heterocycles. The van der Waals surface area contributed by atoms with Gasteiger partial charge in [0, 0.05) is 25.7 Å². The first-order chi connectivity index (χ1) is 7.17. The molecule has 3 nitrogen and oxygen atoms in total. The summed E-state index contributed by atoms with van der Waals surface area (Å²) in [6.45, 7) is 11.3. The standard InChI is InChI=1S/C12H25N3/c1-4-15-7-5-6-12(15)10-14(3)9-11(2)8-13/h12H,2,4-10,13H2,1,3H3. The van der Waals surface area contributed by atoms with E-state index in [-0.39, 0.29) is 0 Å². The van der Waals surface area contributed by atoms with Gasteiger partial charge in [-0.05, 0) is 38.6 Å². The van der Waals surface area contributed by atoms with Crippen LogP contribution in [0, 0.1) is 0 Å². The van der Waals surface area contributed by atoms with Crippen molar-refractivity contribution in [1.29, 1.82) is 0 Å². The summed E-state index contributed by atoms with van der Waals surface area (Å²) in [6.07, 6.45) is 2.69. The molecule has 1 fully saturated rings. The van der Waals surface area contributed by atoms with Gasteiger partial charge in [0.15, 0.2) is 0 Å². The number of likely N-dealkylation sites (tertiary alicyclic amines) is 1. The van der Waals surface area contributed by atoms with Gasteiger partial charge in [-0.25, -0.2) is 0 Å². The minimum atomic E-state index is 0.604. The lowest BCUT2D eigenvalue weighted by molar-refractivity contribution is 0.205. The van der Waals surface area contributed by atoms with Gasteiger partial charge in [0.25, 0.3) is 0 Å². The summed E-state index contributed by atoms with van der Waals surface area (Å²) in [7, 11) is 2.16. The molecule has 1 atom stereocenters. The Morgan fingerprint density at radius 1 is 1.60 bits per heavy atom.